The predicted octanol–water partition coefficient (Wildman–Crippen LogP) is -0.838. The molecule has 0 radical (unpaired) electrons. The van der Waals surface area contributed by atoms with Crippen LogP contribution in [0.4, 0.5) is 0 Å². The first-order valence-corrected chi connectivity index (χ1v) is 22.5. The minimum absolute atomic E-state index is 0.0270. The number of hydrogen-bond acceptors (Lipinski definition) is 13. The van der Waals surface area contributed by atoms with Crippen LogP contribution < -0.4 is 37.6 Å². The Bertz CT molecular complexity index is 2100. The van der Waals surface area contributed by atoms with Gasteiger partial charge in [0, 0.05) is 25.8 Å². The van der Waals surface area contributed by atoms with Gasteiger partial charge in [-0.15, -0.1) is 0 Å². The maximum absolute atomic E-state index is 14.1. The van der Waals surface area contributed by atoms with Crippen LogP contribution in [0.1, 0.15) is 84.8 Å². The van der Waals surface area contributed by atoms with Crippen molar-refractivity contribution in [1.29, 1.82) is 0 Å². The van der Waals surface area contributed by atoms with Crippen molar-refractivity contribution in [1.82, 2.24) is 36.8 Å². The van der Waals surface area contributed by atoms with Crippen LogP contribution in [-0.2, 0) is 56.0 Å². The van der Waals surface area contributed by atoms with Crippen LogP contribution in [0.25, 0.3) is 0 Å². The Morgan fingerprint density at radius 3 is 1.68 bits per heavy atom. The number of aromatic hydroxyl groups is 2. The maximum Gasteiger partial charge on any atom is 0.326 e. The van der Waals surface area contributed by atoms with Gasteiger partial charge in [0.15, 0.2) is 0 Å². The number of nitrogens with two attached hydrogens (primary N) is 1. The first-order chi connectivity index (χ1) is 31.9. The molecular formula is C46H66N8O14. The largest absolute Gasteiger partial charge is 0.508 e. The third kappa shape index (κ3) is 16.5. The molecule has 0 aromatic heterocycles. The van der Waals surface area contributed by atoms with Gasteiger partial charge in [-0.05, 0) is 80.3 Å². The van der Waals surface area contributed by atoms with Crippen LogP contribution in [-0.4, -0.2) is 145 Å². The molecule has 1 heterocycles. The number of carboxylic acids is 2. The lowest BCUT2D eigenvalue weighted by Gasteiger charge is -2.33. The van der Waals surface area contributed by atoms with Crippen molar-refractivity contribution >= 4 is 53.3 Å². The lowest BCUT2D eigenvalue weighted by molar-refractivity contribution is -0.146. The molecule has 1 aliphatic heterocycles. The molecule has 1 aliphatic rings. The number of carbonyl (C=O) groups excluding carboxylic acids is 7. The van der Waals surface area contributed by atoms with Crippen molar-refractivity contribution in [2.45, 2.75) is 141 Å². The number of amides is 7. The van der Waals surface area contributed by atoms with E-state index in [-0.39, 0.29) is 50.1 Å². The van der Waals surface area contributed by atoms with Crippen LogP contribution in [0, 0.1) is 11.8 Å². The molecule has 0 spiro atoms. The topological polar surface area (TPSA) is 356 Å². The highest BCUT2D eigenvalue weighted by Crippen LogP contribution is 2.21. The molecule has 2 aromatic carbocycles. The average molecular weight is 955 g/mol. The molecule has 374 valence electrons. The summed E-state index contributed by atoms with van der Waals surface area (Å²) in [7, 11) is 0. The van der Waals surface area contributed by atoms with Crippen LogP contribution in [0.2, 0.25) is 0 Å². The minimum Gasteiger partial charge on any atom is -0.508 e. The van der Waals surface area contributed by atoms with Gasteiger partial charge in [0.1, 0.15) is 53.8 Å². The normalized spacial score (nSPS) is 17.4. The highest BCUT2D eigenvalue weighted by Gasteiger charge is 2.42. The third-order valence-electron chi connectivity index (χ3n) is 11.7. The van der Waals surface area contributed by atoms with Crippen molar-refractivity contribution < 1.29 is 68.7 Å². The minimum atomic E-state index is -1.61. The number of aliphatic hydroxyl groups is 1. The van der Waals surface area contributed by atoms with E-state index in [2.05, 4.69) is 31.9 Å². The first kappa shape index (κ1) is 55.5. The zero-order valence-corrected chi connectivity index (χ0v) is 39.1. The van der Waals surface area contributed by atoms with Crippen molar-refractivity contribution in [2.24, 2.45) is 17.6 Å². The fourth-order valence-electron chi connectivity index (χ4n) is 7.35. The van der Waals surface area contributed by atoms with E-state index in [1.165, 1.54) is 62.4 Å². The summed E-state index contributed by atoms with van der Waals surface area (Å²) in [6.07, 6.45) is -1.47. The zero-order valence-electron chi connectivity index (χ0n) is 39.1. The maximum atomic E-state index is 14.1. The Balaban J connectivity index is 1.79. The quantitative estimate of drug-likeness (QED) is 0.0578. The van der Waals surface area contributed by atoms with Gasteiger partial charge in [-0.25, -0.2) is 4.79 Å². The standard InChI is InChI=1S/C46H66N8O14/c1-7-24(4)37(52-41(62)32(21-27-10-14-29(56)15-11-27)49-39(60)25(5)48-40(61)31(47)18-19-35(58)59)44(65)51-36(23(2)3)43(64)53-38(26(6)55)45(66)54-20-8-9-34(54)42(63)50-33(46(67)68)22-28-12-16-30(57)17-13-28/h10-17,23-26,31-34,36-38,55-57H,7-9,18-22,47H2,1-6H3,(H,48,61)(H,49,60)(H,50,63)(H,51,65)(H,52,62)(H,53,64)(H,58,59)(H,67,68)/t24-,25-,26+,31-,32-,33-,34-,36-,37-,38-/m0/s1. The molecule has 0 unspecified atom stereocenters. The Kier molecular flexibility index (Phi) is 21.2. The van der Waals surface area contributed by atoms with Crippen LogP contribution in [0.15, 0.2) is 48.5 Å². The van der Waals surface area contributed by atoms with Gasteiger partial charge in [0.25, 0.3) is 0 Å². The number of aliphatic hydroxyl groups excluding tert-OH is 1. The summed E-state index contributed by atoms with van der Waals surface area (Å²) in [4.78, 5) is 120. The SMILES string of the molecule is CC[C@H](C)[C@H](NC(=O)[C@H](Cc1ccc(O)cc1)NC(=O)[C@H](C)NC(=O)[C@@H](N)CCC(=O)O)C(=O)N[C@H](C(=O)N[C@H](C(=O)N1CCC[C@H]1C(=O)N[C@@H](Cc1ccc(O)cc1)C(=O)O)[C@@H](C)O)C(C)C. The van der Waals surface area contributed by atoms with E-state index in [0.29, 0.717) is 24.0 Å². The van der Waals surface area contributed by atoms with Gasteiger partial charge in [0.05, 0.1) is 12.1 Å². The predicted molar refractivity (Wildman–Crippen MR) is 244 cm³/mol. The van der Waals surface area contributed by atoms with E-state index in [9.17, 15) is 63.6 Å². The second-order valence-corrected chi connectivity index (χ2v) is 17.5. The second-order valence-electron chi connectivity index (χ2n) is 17.5. The lowest BCUT2D eigenvalue weighted by Crippen LogP contribution is -2.63. The van der Waals surface area contributed by atoms with Crippen molar-refractivity contribution in [2.75, 3.05) is 6.54 Å². The van der Waals surface area contributed by atoms with E-state index in [1.54, 1.807) is 27.7 Å². The molecule has 2 aromatic rings. The molecule has 68 heavy (non-hydrogen) atoms. The Morgan fingerprint density at radius 1 is 0.662 bits per heavy atom. The number of carbonyl (C=O) groups is 9. The fraction of sp³-hybridized carbons (Fsp3) is 0.543. The number of benzene rings is 2. The molecular weight excluding hydrogens is 889 g/mol. The van der Waals surface area contributed by atoms with Gasteiger partial charge in [-0.3, -0.25) is 38.4 Å². The number of nitrogens with zero attached hydrogens (tertiary/aromatic N) is 1. The lowest BCUT2D eigenvalue weighted by atomic mass is 9.95. The van der Waals surface area contributed by atoms with Crippen LogP contribution in [0.3, 0.4) is 0 Å². The van der Waals surface area contributed by atoms with Crippen LogP contribution >= 0.6 is 0 Å². The molecule has 0 bridgehead atoms. The summed E-state index contributed by atoms with van der Waals surface area (Å²) >= 11 is 0. The number of likely N-dealkylation sites (tertiary alicyclic amines) is 1. The molecule has 13 N–H and O–H groups in total. The second kappa shape index (κ2) is 25.9. The van der Waals surface area contributed by atoms with E-state index >= 15 is 0 Å². The summed E-state index contributed by atoms with van der Waals surface area (Å²) in [5.41, 5.74) is 6.80. The first-order valence-electron chi connectivity index (χ1n) is 22.5. The van der Waals surface area contributed by atoms with Gasteiger partial charge in [-0.2, -0.15) is 0 Å². The van der Waals surface area contributed by atoms with Crippen LogP contribution in [0.5, 0.6) is 11.5 Å². The van der Waals surface area contributed by atoms with E-state index in [0.717, 1.165) is 4.90 Å². The smallest absolute Gasteiger partial charge is 0.326 e. The molecule has 7 amide bonds. The molecule has 22 heteroatoms. The fourth-order valence-corrected chi connectivity index (χ4v) is 7.35. The Hall–Kier alpha value is -6.81. The van der Waals surface area contributed by atoms with Gasteiger partial charge >= 0.3 is 11.9 Å². The number of nitrogens with one attached hydrogen (secondary N) is 6. The summed E-state index contributed by atoms with van der Waals surface area (Å²) in [6.45, 7) is 9.28. The molecule has 1 fully saturated rings. The van der Waals surface area contributed by atoms with Gasteiger partial charge < -0.3 is 68.1 Å². The van der Waals surface area contributed by atoms with Gasteiger partial charge in [0.2, 0.25) is 41.4 Å². The zero-order chi connectivity index (χ0) is 51.0. The molecule has 1 saturated heterocycles. The number of phenolic OH excluding ortho intramolecular Hbond substituents is 2. The Morgan fingerprint density at radius 2 is 1.18 bits per heavy atom. The summed E-state index contributed by atoms with van der Waals surface area (Å²) in [6, 6.07) is 0.922. The number of hydrogen-bond donors (Lipinski definition) is 12. The monoisotopic (exact) mass is 954 g/mol. The van der Waals surface area contributed by atoms with Crippen molar-refractivity contribution in [3.8, 4) is 11.5 Å². The highest BCUT2D eigenvalue weighted by molar-refractivity contribution is 5.98. The number of aliphatic carboxylic acids is 2. The van der Waals surface area contributed by atoms with E-state index in [4.69, 9.17) is 10.8 Å². The average Bonchev–Trinajstić information content (AvgIpc) is 3.78. The van der Waals surface area contributed by atoms with Crippen molar-refractivity contribution in [3.05, 3.63) is 59.7 Å². The van der Waals surface area contributed by atoms with E-state index < -0.39 is 120 Å². The Labute approximate surface area is 394 Å². The molecule has 3 rings (SSSR count). The molecule has 22 nitrogen and oxygen atoms in total. The summed E-state index contributed by atoms with van der Waals surface area (Å²) < 4.78 is 0. The highest BCUT2D eigenvalue weighted by atomic mass is 16.4. The number of rotatable bonds is 25. The third-order valence-corrected chi connectivity index (χ3v) is 11.7. The number of carboxylic acid groups (broad SMARTS) is 2. The summed E-state index contributed by atoms with van der Waals surface area (Å²) in [5, 5.41) is 64.3. The van der Waals surface area contributed by atoms with Gasteiger partial charge in [-0.1, -0.05) is 58.4 Å². The molecule has 0 aliphatic carbocycles. The molecule has 10 atom stereocenters. The summed E-state index contributed by atoms with van der Waals surface area (Å²) in [5.74, 6) is -9.48. The molecule has 0 saturated carbocycles. The van der Waals surface area contributed by atoms with E-state index in [1.807, 2.05) is 0 Å². The van der Waals surface area contributed by atoms with Crippen molar-refractivity contribution in [3.63, 3.8) is 0 Å². The number of phenols is 2.